The Balaban J connectivity index is 2.75. The van der Waals surface area contributed by atoms with Gasteiger partial charge < -0.3 is 9.88 Å². The second-order valence-electron chi connectivity index (χ2n) is 5.73. The van der Waals surface area contributed by atoms with Crippen LogP contribution in [-0.2, 0) is 6.18 Å². The Hall–Kier alpha value is -2.26. The molecule has 25 heavy (non-hydrogen) atoms. The van der Waals surface area contributed by atoms with Crippen LogP contribution in [0.2, 0.25) is 0 Å². The fraction of sp³-hybridized carbons (Fsp3) is 0.400. The van der Waals surface area contributed by atoms with E-state index in [1.165, 1.54) is 13.8 Å². The van der Waals surface area contributed by atoms with Gasteiger partial charge in [0, 0.05) is 23.2 Å². The quantitative estimate of drug-likeness (QED) is 0.810. The van der Waals surface area contributed by atoms with Crippen LogP contribution in [-0.4, -0.2) is 23.7 Å². The van der Waals surface area contributed by atoms with Crippen molar-refractivity contribution < 1.29 is 30.7 Å². The number of aromatic amines is 1. The minimum absolute atomic E-state index is 0.245. The number of nitrogens with one attached hydrogen (secondary N) is 1. The molecule has 138 valence electrons. The molecule has 0 saturated carbocycles. The molecular weight excluding hydrogens is 357 g/mol. The highest BCUT2D eigenvalue weighted by atomic mass is 19.4. The SMILES string of the molecule is CC(C)N(CC(F)(F)F)c1cc(F)c2[nH]c(=O)cc(C(F)(F)F)c2c1. The van der Waals surface area contributed by atoms with Gasteiger partial charge in [0.15, 0.2) is 0 Å². The van der Waals surface area contributed by atoms with E-state index in [1.54, 1.807) is 0 Å². The number of H-pyrrole nitrogens is 1. The molecule has 2 rings (SSSR count). The summed E-state index contributed by atoms with van der Waals surface area (Å²) in [6.07, 6.45) is -9.60. The number of halogens is 7. The number of alkyl halides is 6. The molecule has 0 radical (unpaired) electrons. The molecule has 0 saturated heterocycles. The van der Waals surface area contributed by atoms with Gasteiger partial charge >= 0.3 is 12.4 Å². The Bertz CT molecular complexity index is 837. The van der Waals surface area contributed by atoms with Gasteiger partial charge in [0.2, 0.25) is 5.56 Å². The largest absolute Gasteiger partial charge is 0.417 e. The summed E-state index contributed by atoms with van der Waals surface area (Å²) in [5.41, 5.74) is -3.65. The molecular formula is C15H13F7N2O. The zero-order valence-electron chi connectivity index (χ0n) is 13.0. The number of fused-ring (bicyclic) bond motifs is 1. The molecule has 0 bridgehead atoms. The molecule has 1 heterocycles. The number of benzene rings is 1. The van der Waals surface area contributed by atoms with E-state index in [1.807, 2.05) is 4.98 Å². The minimum Gasteiger partial charge on any atom is -0.360 e. The number of anilines is 1. The first-order valence-electron chi connectivity index (χ1n) is 7.07. The highest BCUT2D eigenvalue weighted by Crippen LogP contribution is 2.36. The molecule has 0 atom stereocenters. The summed E-state index contributed by atoms with van der Waals surface area (Å²) in [6.45, 7) is 1.33. The van der Waals surface area contributed by atoms with Crippen molar-refractivity contribution >= 4 is 16.6 Å². The summed E-state index contributed by atoms with van der Waals surface area (Å²) in [7, 11) is 0. The Morgan fingerprint density at radius 3 is 2.16 bits per heavy atom. The summed E-state index contributed by atoms with van der Waals surface area (Å²) >= 11 is 0. The van der Waals surface area contributed by atoms with Gasteiger partial charge in [-0.1, -0.05) is 0 Å². The fourth-order valence-corrected chi connectivity index (χ4v) is 2.47. The topological polar surface area (TPSA) is 36.1 Å². The lowest BCUT2D eigenvalue weighted by molar-refractivity contribution is -0.136. The maximum atomic E-state index is 14.2. The van der Waals surface area contributed by atoms with Crippen molar-refractivity contribution in [2.45, 2.75) is 32.2 Å². The molecule has 2 aromatic rings. The van der Waals surface area contributed by atoms with Gasteiger partial charge in [0.25, 0.3) is 0 Å². The third-order valence-corrected chi connectivity index (χ3v) is 3.50. The van der Waals surface area contributed by atoms with E-state index in [0.717, 1.165) is 11.0 Å². The van der Waals surface area contributed by atoms with E-state index < -0.39 is 52.8 Å². The second-order valence-corrected chi connectivity index (χ2v) is 5.73. The Labute approximate surface area is 137 Å². The Kier molecular flexibility index (Phi) is 4.75. The lowest BCUT2D eigenvalue weighted by Crippen LogP contribution is -2.39. The van der Waals surface area contributed by atoms with Gasteiger partial charge in [-0.05, 0) is 26.0 Å². The van der Waals surface area contributed by atoms with Gasteiger partial charge in [-0.3, -0.25) is 4.79 Å². The number of hydrogen-bond acceptors (Lipinski definition) is 2. The van der Waals surface area contributed by atoms with Gasteiger partial charge in [0.05, 0.1) is 11.1 Å². The molecule has 1 aromatic carbocycles. The predicted octanol–water partition coefficient (Wildman–Crippen LogP) is 4.46. The molecule has 0 aliphatic heterocycles. The molecule has 3 nitrogen and oxygen atoms in total. The molecule has 0 fully saturated rings. The van der Waals surface area contributed by atoms with Crippen LogP contribution in [0.5, 0.6) is 0 Å². The number of pyridine rings is 1. The first-order chi connectivity index (χ1) is 11.3. The highest BCUT2D eigenvalue weighted by Gasteiger charge is 2.35. The van der Waals surface area contributed by atoms with Crippen molar-refractivity contribution in [3.05, 3.63) is 39.9 Å². The zero-order chi connectivity index (χ0) is 19.2. The smallest absolute Gasteiger partial charge is 0.360 e. The number of rotatable bonds is 3. The number of nitrogens with zero attached hydrogens (tertiary/aromatic N) is 1. The number of hydrogen-bond donors (Lipinski definition) is 1. The first-order valence-corrected chi connectivity index (χ1v) is 7.07. The summed E-state index contributed by atoms with van der Waals surface area (Å²) in [5, 5.41) is -0.713. The van der Waals surface area contributed by atoms with Gasteiger partial charge in [0.1, 0.15) is 12.4 Å². The van der Waals surface area contributed by atoms with Crippen molar-refractivity contribution in [2.24, 2.45) is 0 Å². The monoisotopic (exact) mass is 370 g/mol. The maximum Gasteiger partial charge on any atom is 0.417 e. The standard InChI is InChI=1S/C15H13F7N2O/c1-7(2)24(6-14(17,18)19)8-3-9-10(15(20,21)22)5-12(25)23-13(9)11(16)4-8/h3-5,7H,6H2,1-2H3,(H,23,25). The first kappa shape index (κ1) is 19.1. The third-order valence-electron chi connectivity index (χ3n) is 3.50. The van der Waals surface area contributed by atoms with E-state index in [9.17, 15) is 35.5 Å². The van der Waals surface area contributed by atoms with Crippen LogP contribution in [0.4, 0.5) is 36.4 Å². The van der Waals surface area contributed by atoms with E-state index in [2.05, 4.69) is 0 Å². The summed E-state index contributed by atoms with van der Waals surface area (Å²) in [6, 6.07) is 0.956. The molecule has 0 unspecified atom stereocenters. The van der Waals surface area contributed by atoms with E-state index in [0.29, 0.717) is 6.07 Å². The molecule has 0 amide bonds. The van der Waals surface area contributed by atoms with Crippen LogP contribution in [0.3, 0.4) is 0 Å². The Morgan fingerprint density at radius 2 is 1.68 bits per heavy atom. The van der Waals surface area contributed by atoms with Gasteiger partial charge in [-0.25, -0.2) is 4.39 Å². The fourth-order valence-electron chi connectivity index (χ4n) is 2.47. The van der Waals surface area contributed by atoms with Crippen molar-refractivity contribution in [2.75, 3.05) is 11.4 Å². The van der Waals surface area contributed by atoms with E-state index >= 15 is 0 Å². The molecule has 1 aromatic heterocycles. The lowest BCUT2D eigenvalue weighted by Gasteiger charge is -2.30. The third kappa shape index (κ3) is 4.23. The maximum absolute atomic E-state index is 14.2. The normalized spacial score (nSPS) is 12.9. The second kappa shape index (κ2) is 6.23. The van der Waals surface area contributed by atoms with Crippen molar-refractivity contribution in [3.8, 4) is 0 Å². The van der Waals surface area contributed by atoms with Crippen molar-refractivity contribution in [3.63, 3.8) is 0 Å². The summed E-state index contributed by atoms with van der Waals surface area (Å²) in [4.78, 5) is 14.0. The van der Waals surface area contributed by atoms with Gasteiger partial charge in [-0.15, -0.1) is 0 Å². The van der Waals surface area contributed by atoms with Crippen molar-refractivity contribution in [1.82, 2.24) is 4.98 Å². The molecule has 10 heteroatoms. The molecule has 0 aliphatic rings. The van der Waals surface area contributed by atoms with Gasteiger partial charge in [-0.2, -0.15) is 26.3 Å². The average molecular weight is 370 g/mol. The lowest BCUT2D eigenvalue weighted by atomic mass is 10.1. The highest BCUT2D eigenvalue weighted by molar-refractivity contribution is 5.86. The summed E-state index contributed by atoms with van der Waals surface area (Å²) in [5.74, 6) is -1.25. The van der Waals surface area contributed by atoms with Crippen LogP contribution < -0.4 is 10.5 Å². The van der Waals surface area contributed by atoms with Crippen LogP contribution in [0.1, 0.15) is 19.4 Å². The minimum atomic E-state index is -4.97. The zero-order valence-corrected chi connectivity index (χ0v) is 13.0. The molecule has 0 aliphatic carbocycles. The number of aromatic nitrogens is 1. The van der Waals surface area contributed by atoms with E-state index in [4.69, 9.17) is 0 Å². The average Bonchev–Trinajstić information content (AvgIpc) is 2.42. The van der Waals surface area contributed by atoms with Crippen LogP contribution in [0, 0.1) is 5.82 Å². The molecule has 0 spiro atoms. The van der Waals surface area contributed by atoms with E-state index in [-0.39, 0.29) is 11.8 Å². The van der Waals surface area contributed by atoms with Crippen LogP contribution in [0.25, 0.3) is 10.9 Å². The molecule has 1 N–H and O–H groups in total. The van der Waals surface area contributed by atoms with Crippen molar-refractivity contribution in [1.29, 1.82) is 0 Å². The Morgan fingerprint density at radius 1 is 1.08 bits per heavy atom. The summed E-state index contributed by atoms with van der Waals surface area (Å²) < 4.78 is 91.7. The predicted molar refractivity (Wildman–Crippen MR) is 78.1 cm³/mol. The van der Waals surface area contributed by atoms with Crippen LogP contribution >= 0.6 is 0 Å². The van der Waals surface area contributed by atoms with Crippen LogP contribution in [0.15, 0.2) is 23.0 Å².